The molecular formula is C23H34IN3O2. The highest BCUT2D eigenvalue weighted by molar-refractivity contribution is 14.0. The number of aliphatic imine (C=N–C) groups is 1. The number of unbranched alkanes of at least 4 members (excludes halogenated alkanes) is 1. The van der Waals surface area contributed by atoms with E-state index in [9.17, 15) is 5.11 Å². The molecule has 1 unspecified atom stereocenters. The van der Waals surface area contributed by atoms with Gasteiger partial charge in [-0.3, -0.25) is 4.99 Å². The topological polar surface area (TPSA) is 65.9 Å². The van der Waals surface area contributed by atoms with Gasteiger partial charge in [-0.1, -0.05) is 60.7 Å². The van der Waals surface area contributed by atoms with Gasteiger partial charge in [0.15, 0.2) is 5.96 Å². The highest BCUT2D eigenvalue weighted by Crippen LogP contribution is 2.13. The number of rotatable bonds is 12. The molecule has 3 N–H and O–H groups in total. The lowest BCUT2D eigenvalue weighted by Gasteiger charge is -2.18. The van der Waals surface area contributed by atoms with E-state index in [0.29, 0.717) is 6.54 Å². The van der Waals surface area contributed by atoms with Gasteiger partial charge >= 0.3 is 0 Å². The monoisotopic (exact) mass is 511 g/mol. The van der Waals surface area contributed by atoms with Crippen molar-refractivity contribution in [1.82, 2.24) is 10.6 Å². The molecule has 1 atom stereocenters. The highest BCUT2D eigenvalue weighted by Gasteiger charge is 2.10. The average molecular weight is 511 g/mol. The number of halogens is 1. The summed E-state index contributed by atoms with van der Waals surface area (Å²) in [6.07, 6.45) is 3.00. The zero-order chi connectivity index (χ0) is 19.9. The molecule has 0 aliphatic carbocycles. The van der Waals surface area contributed by atoms with Crippen LogP contribution in [0.4, 0.5) is 0 Å². The number of ether oxygens (including phenoxy) is 1. The van der Waals surface area contributed by atoms with E-state index in [1.807, 2.05) is 36.4 Å². The molecule has 0 radical (unpaired) electrons. The first kappa shape index (κ1) is 25.4. The van der Waals surface area contributed by atoms with Gasteiger partial charge in [0.2, 0.25) is 0 Å². The summed E-state index contributed by atoms with van der Waals surface area (Å²) in [7, 11) is 1.76. The molecule has 6 heteroatoms. The second kappa shape index (κ2) is 16.2. The van der Waals surface area contributed by atoms with Gasteiger partial charge in [0.1, 0.15) is 0 Å². The van der Waals surface area contributed by atoms with Crippen LogP contribution < -0.4 is 10.6 Å². The summed E-state index contributed by atoms with van der Waals surface area (Å²) in [4.78, 5) is 4.25. The molecule has 0 saturated heterocycles. The third-order valence-corrected chi connectivity index (χ3v) is 4.62. The van der Waals surface area contributed by atoms with Gasteiger partial charge in [0.25, 0.3) is 0 Å². The number of aliphatic hydroxyl groups is 1. The van der Waals surface area contributed by atoms with Crippen molar-refractivity contribution in [3.8, 4) is 0 Å². The molecule has 0 heterocycles. The van der Waals surface area contributed by atoms with Gasteiger partial charge in [0, 0.05) is 32.7 Å². The van der Waals surface area contributed by atoms with Crippen LogP contribution in [0, 0.1) is 0 Å². The van der Waals surface area contributed by atoms with Crippen LogP contribution in [0.15, 0.2) is 65.7 Å². The molecule has 0 spiro atoms. The molecule has 0 amide bonds. The minimum atomic E-state index is 0. The van der Waals surface area contributed by atoms with Gasteiger partial charge in [0.05, 0.1) is 13.2 Å². The predicted molar refractivity (Wildman–Crippen MR) is 131 cm³/mol. The van der Waals surface area contributed by atoms with Crippen molar-refractivity contribution >= 4 is 29.9 Å². The third-order valence-electron chi connectivity index (χ3n) is 4.62. The number of nitrogens with one attached hydrogen (secondary N) is 2. The highest BCUT2D eigenvalue weighted by atomic mass is 127. The Morgan fingerprint density at radius 3 is 2.31 bits per heavy atom. The summed E-state index contributed by atoms with van der Waals surface area (Å²) in [6, 6.07) is 20.5. The van der Waals surface area contributed by atoms with Gasteiger partial charge in [-0.05, 0) is 30.4 Å². The third kappa shape index (κ3) is 10.6. The number of hydrogen-bond donors (Lipinski definition) is 3. The van der Waals surface area contributed by atoms with Gasteiger partial charge < -0.3 is 20.5 Å². The lowest BCUT2D eigenvalue weighted by molar-refractivity contribution is 0.133. The Balaban J connectivity index is 0.00000420. The van der Waals surface area contributed by atoms with E-state index in [2.05, 4.69) is 39.9 Å². The van der Waals surface area contributed by atoms with E-state index < -0.39 is 0 Å². The normalized spacial score (nSPS) is 12.1. The van der Waals surface area contributed by atoms with E-state index in [1.54, 1.807) is 7.05 Å². The van der Waals surface area contributed by atoms with Crippen molar-refractivity contribution in [2.45, 2.75) is 25.2 Å². The molecular weight excluding hydrogens is 477 g/mol. The first-order valence-electron chi connectivity index (χ1n) is 10.1. The van der Waals surface area contributed by atoms with Crippen LogP contribution in [-0.4, -0.2) is 51.0 Å². The molecule has 0 aliphatic heterocycles. The second-order valence-electron chi connectivity index (χ2n) is 6.73. The molecule has 0 bridgehead atoms. The second-order valence-corrected chi connectivity index (χ2v) is 6.73. The quantitative estimate of drug-likeness (QED) is 0.177. The van der Waals surface area contributed by atoms with E-state index in [4.69, 9.17) is 4.74 Å². The van der Waals surface area contributed by atoms with Crippen molar-refractivity contribution in [2.75, 3.05) is 40.0 Å². The Morgan fingerprint density at radius 2 is 1.66 bits per heavy atom. The summed E-state index contributed by atoms with van der Waals surface area (Å²) < 4.78 is 5.71. The van der Waals surface area contributed by atoms with Gasteiger partial charge in [-0.25, -0.2) is 0 Å². The van der Waals surface area contributed by atoms with Crippen LogP contribution in [0.1, 0.15) is 29.9 Å². The maximum Gasteiger partial charge on any atom is 0.190 e. The molecule has 0 saturated carbocycles. The average Bonchev–Trinajstić information content (AvgIpc) is 2.76. The van der Waals surface area contributed by atoms with Crippen molar-refractivity contribution in [3.63, 3.8) is 0 Å². The number of nitrogens with zero attached hydrogens (tertiary/aromatic N) is 1. The lowest BCUT2D eigenvalue weighted by atomic mass is 10.0. The van der Waals surface area contributed by atoms with Gasteiger partial charge in [-0.15, -0.1) is 24.0 Å². The maximum absolute atomic E-state index is 9.64. The van der Waals surface area contributed by atoms with E-state index >= 15 is 0 Å². The molecule has 2 aromatic carbocycles. The first-order chi connectivity index (χ1) is 13.8. The van der Waals surface area contributed by atoms with E-state index in [1.165, 1.54) is 5.56 Å². The standard InChI is InChI=1S/C23H33N3O2.HI/c1-24-23(26-18-22(19-27)21-12-6-3-7-13-21)25-15-8-9-16-28-17-14-20-10-4-2-5-11-20;/h2-7,10-13,22,27H,8-9,14-19H2,1H3,(H2,24,25,26);1H. The molecule has 0 fully saturated rings. The first-order valence-corrected chi connectivity index (χ1v) is 10.1. The Morgan fingerprint density at radius 1 is 0.966 bits per heavy atom. The lowest BCUT2D eigenvalue weighted by Crippen LogP contribution is -2.40. The summed E-state index contributed by atoms with van der Waals surface area (Å²) in [5, 5.41) is 16.3. The minimum absolute atomic E-state index is 0. The molecule has 0 aliphatic rings. The number of aliphatic hydroxyl groups excluding tert-OH is 1. The van der Waals surface area contributed by atoms with E-state index in [0.717, 1.165) is 50.5 Å². The molecule has 0 aromatic heterocycles. The molecule has 5 nitrogen and oxygen atoms in total. The zero-order valence-corrected chi connectivity index (χ0v) is 19.5. The summed E-state index contributed by atoms with van der Waals surface area (Å²) in [5.74, 6) is 0.817. The summed E-state index contributed by atoms with van der Waals surface area (Å²) in [6.45, 7) is 3.14. The van der Waals surface area contributed by atoms with Gasteiger partial charge in [-0.2, -0.15) is 0 Å². The molecule has 160 valence electrons. The maximum atomic E-state index is 9.64. The minimum Gasteiger partial charge on any atom is -0.396 e. The van der Waals surface area contributed by atoms with Crippen molar-refractivity contribution in [3.05, 3.63) is 71.8 Å². The van der Waals surface area contributed by atoms with Crippen molar-refractivity contribution in [1.29, 1.82) is 0 Å². The SMILES string of the molecule is CN=C(NCCCCOCCc1ccccc1)NCC(CO)c1ccccc1.I. The van der Waals surface area contributed by atoms with Crippen LogP contribution in [0.25, 0.3) is 0 Å². The van der Waals surface area contributed by atoms with Crippen LogP contribution >= 0.6 is 24.0 Å². The van der Waals surface area contributed by atoms with E-state index in [-0.39, 0.29) is 36.5 Å². The smallest absolute Gasteiger partial charge is 0.190 e. The van der Waals surface area contributed by atoms with Crippen LogP contribution in [0.5, 0.6) is 0 Å². The van der Waals surface area contributed by atoms with Crippen LogP contribution in [0.3, 0.4) is 0 Å². The zero-order valence-electron chi connectivity index (χ0n) is 17.2. The Kier molecular flexibility index (Phi) is 14.2. The van der Waals surface area contributed by atoms with Crippen molar-refractivity contribution in [2.24, 2.45) is 4.99 Å². The fourth-order valence-electron chi connectivity index (χ4n) is 2.93. The number of guanidine groups is 1. The molecule has 2 aromatic rings. The molecule has 29 heavy (non-hydrogen) atoms. The summed E-state index contributed by atoms with van der Waals surface area (Å²) >= 11 is 0. The predicted octanol–water partition coefficient (Wildman–Crippen LogP) is 3.59. The van der Waals surface area contributed by atoms with Crippen LogP contribution in [-0.2, 0) is 11.2 Å². The molecule has 2 rings (SSSR count). The summed E-state index contributed by atoms with van der Waals surface area (Å²) in [5.41, 5.74) is 2.44. The Bertz CT molecular complexity index is 668. The van der Waals surface area contributed by atoms with Crippen LogP contribution in [0.2, 0.25) is 0 Å². The fourth-order valence-corrected chi connectivity index (χ4v) is 2.93. The fraction of sp³-hybridized carbons (Fsp3) is 0.435. The number of hydrogen-bond acceptors (Lipinski definition) is 3. The largest absolute Gasteiger partial charge is 0.396 e. The van der Waals surface area contributed by atoms with Crippen molar-refractivity contribution < 1.29 is 9.84 Å². The number of benzene rings is 2. The Hall–Kier alpha value is -1.64. The Labute approximate surface area is 192 Å².